The molecule has 0 saturated heterocycles. The van der Waals surface area contributed by atoms with Crippen LogP contribution in [0.4, 0.5) is 0 Å². The summed E-state index contributed by atoms with van der Waals surface area (Å²) in [5.41, 5.74) is 1.06. The third-order valence-electron chi connectivity index (χ3n) is 2.39. The third kappa shape index (κ3) is 5.74. The molecule has 0 heterocycles. The molecule has 3 heteroatoms. The zero-order valence-electron chi connectivity index (χ0n) is 9.42. The van der Waals surface area contributed by atoms with Crippen LogP contribution in [0.5, 0.6) is 0 Å². The Morgan fingerprint density at radius 1 is 1.00 bits per heavy atom. The smallest absolute Gasteiger partial charge is 0.0731 e. The van der Waals surface area contributed by atoms with E-state index in [9.17, 15) is 0 Å². The zero-order chi connectivity index (χ0) is 11.6. The van der Waals surface area contributed by atoms with E-state index in [-0.39, 0.29) is 0 Å². The van der Waals surface area contributed by atoms with Gasteiger partial charge in [-0.15, -0.1) is 11.6 Å². The first-order valence-corrected chi connectivity index (χ1v) is 6.63. The monoisotopic (exact) mass is 260 g/mol. The topological polar surface area (TPSA) is 9.23 Å². The lowest BCUT2D eigenvalue weighted by Crippen LogP contribution is -1.96. The number of halogens is 2. The van der Waals surface area contributed by atoms with E-state index in [0.717, 1.165) is 35.9 Å². The van der Waals surface area contributed by atoms with Gasteiger partial charge in [-0.1, -0.05) is 42.6 Å². The van der Waals surface area contributed by atoms with E-state index in [1.54, 1.807) is 0 Å². The van der Waals surface area contributed by atoms with E-state index in [1.165, 1.54) is 12.8 Å². The third-order valence-corrected chi connectivity index (χ3v) is 3.02. The van der Waals surface area contributed by atoms with Crippen LogP contribution in [0.2, 0.25) is 5.02 Å². The highest BCUT2D eigenvalue weighted by Crippen LogP contribution is 2.15. The molecule has 90 valence electrons. The molecule has 1 aromatic carbocycles. The van der Waals surface area contributed by atoms with Crippen molar-refractivity contribution in [3.8, 4) is 0 Å². The number of benzene rings is 1. The Bertz CT molecular complexity index is 289. The molecule has 1 aromatic rings. The van der Waals surface area contributed by atoms with Gasteiger partial charge in [-0.3, -0.25) is 0 Å². The maximum Gasteiger partial charge on any atom is 0.0731 e. The molecule has 0 saturated carbocycles. The molecule has 1 rings (SSSR count). The first-order chi connectivity index (χ1) is 7.84. The van der Waals surface area contributed by atoms with Crippen molar-refractivity contribution in [1.29, 1.82) is 0 Å². The van der Waals surface area contributed by atoms with Gasteiger partial charge in [-0.05, 0) is 24.5 Å². The number of alkyl halides is 1. The standard InChI is InChI=1S/C13H18Cl2O/c14-9-5-1-2-6-10-16-11-12-7-3-4-8-13(12)15/h3-4,7-8H,1-2,5-6,9-11H2. The molecular formula is C13H18Cl2O. The van der Waals surface area contributed by atoms with Crippen LogP contribution in [0, 0.1) is 0 Å². The lowest BCUT2D eigenvalue weighted by Gasteiger charge is -2.05. The molecule has 0 aliphatic rings. The number of unbranched alkanes of at least 4 members (excludes halogenated alkanes) is 3. The molecule has 0 atom stereocenters. The Morgan fingerprint density at radius 2 is 1.75 bits per heavy atom. The molecule has 0 aromatic heterocycles. The van der Waals surface area contributed by atoms with Gasteiger partial charge in [0.1, 0.15) is 0 Å². The SMILES string of the molecule is ClCCCCCCOCc1ccccc1Cl. The molecule has 0 N–H and O–H groups in total. The van der Waals surface area contributed by atoms with Gasteiger partial charge in [0.15, 0.2) is 0 Å². The van der Waals surface area contributed by atoms with Gasteiger partial charge in [0.25, 0.3) is 0 Å². The van der Waals surface area contributed by atoms with Crippen molar-refractivity contribution >= 4 is 23.2 Å². The molecule has 0 aliphatic carbocycles. The molecule has 0 unspecified atom stereocenters. The van der Waals surface area contributed by atoms with Gasteiger partial charge >= 0.3 is 0 Å². The van der Waals surface area contributed by atoms with Crippen molar-refractivity contribution in [1.82, 2.24) is 0 Å². The average Bonchev–Trinajstić information content (AvgIpc) is 2.30. The van der Waals surface area contributed by atoms with Crippen molar-refractivity contribution in [2.75, 3.05) is 12.5 Å². The number of hydrogen-bond donors (Lipinski definition) is 0. The Balaban J connectivity index is 2.05. The van der Waals surface area contributed by atoms with Gasteiger partial charge in [0, 0.05) is 17.5 Å². The van der Waals surface area contributed by atoms with Crippen LogP contribution in [0.25, 0.3) is 0 Å². The molecule has 0 amide bonds. The fourth-order valence-corrected chi connectivity index (χ4v) is 1.83. The van der Waals surface area contributed by atoms with Crippen molar-refractivity contribution < 1.29 is 4.74 Å². The van der Waals surface area contributed by atoms with E-state index in [0.29, 0.717) is 6.61 Å². The van der Waals surface area contributed by atoms with Crippen molar-refractivity contribution in [3.63, 3.8) is 0 Å². The second-order valence-corrected chi connectivity index (χ2v) is 4.53. The molecule has 0 fully saturated rings. The second-order valence-electron chi connectivity index (χ2n) is 3.75. The van der Waals surface area contributed by atoms with Crippen LogP contribution < -0.4 is 0 Å². The Morgan fingerprint density at radius 3 is 2.50 bits per heavy atom. The van der Waals surface area contributed by atoms with Gasteiger partial charge in [0.05, 0.1) is 6.61 Å². The first kappa shape index (κ1) is 13.8. The van der Waals surface area contributed by atoms with E-state index in [2.05, 4.69) is 0 Å². The highest BCUT2D eigenvalue weighted by molar-refractivity contribution is 6.31. The molecule has 0 aliphatic heterocycles. The molecule has 0 bridgehead atoms. The van der Waals surface area contributed by atoms with Crippen LogP contribution in [0.15, 0.2) is 24.3 Å². The molecule has 1 nitrogen and oxygen atoms in total. The molecule has 0 radical (unpaired) electrons. The minimum Gasteiger partial charge on any atom is -0.377 e. The van der Waals surface area contributed by atoms with E-state index in [4.69, 9.17) is 27.9 Å². The first-order valence-electron chi connectivity index (χ1n) is 5.71. The number of hydrogen-bond acceptors (Lipinski definition) is 1. The van der Waals surface area contributed by atoms with Crippen LogP contribution in [0.1, 0.15) is 31.2 Å². The summed E-state index contributed by atoms with van der Waals surface area (Å²) in [5, 5.41) is 0.782. The fourth-order valence-electron chi connectivity index (χ4n) is 1.45. The summed E-state index contributed by atoms with van der Waals surface area (Å²) in [6.45, 7) is 1.41. The highest BCUT2D eigenvalue weighted by Gasteiger charge is 1.98. The Kier molecular flexibility index (Phi) is 7.65. The number of ether oxygens (including phenoxy) is 1. The zero-order valence-corrected chi connectivity index (χ0v) is 10.9. The summed E-state index contributed by atoms with van der Waals surface area (Å²) in [6.07, 6.45) is 4.58. The lowest BCUT2D eigenvalue weighted by atomic mass is 10.2. The Labute approximate surface area is 108 Å². The summed E-state index contributed by atoms with van der Waals surface area (Å²) >= 11 is 11.6. The van der Waals surface area contributed by atoms with Gasteiger partial charge in [-0.25, -0.2) is 0 Å². The van der Waals surface area contributed by atoms with E-state index in [1.807, 2.05) is 24.3 Å². The van der Waals surface area contributed by atoms with E-state index >= 15 is 0 Å². The fraction of sp³-hybridized carbons (Fsp3) is 0.538. The van der Waals surface area contributed by atoms with Crippen LogP contribution >= 0.6 is 23.2 Å². The van der Waals surface area contributed by atoms with Crippen LogP contribution in [-0.4, -0.2) is 12.5 Å². The summed E-state index contributed by atoms with van der Waals surface area (Å²) in [4.78, 5) is 0. The molecule has 16 heavy (non-hydrogen) atoms. The molecule has 0 spiro atoms. The maximum absolute atomic E-state index is 6.01. The summed E-state index contributed by atoms with van der Waals surface area (Å²) in [6, 6.07) is 7.79. The lowest BCUT2D eigenvalue weighted by molar-refractivity contribution is 0.117. The maximum atomic E-state index is 6.01. The number of rotatable bonds is 8. The quantitative estimate of drug-likeness (QED) is 0.488. The largest absolute Gasteiger partial charge is 0.377 e. The molecular weight excluding hydrogens is 243 g/mol. The van der Waals surface area contributed by atoms with Crippen molar-refractivity contribution in [2.45, 2.75) is 32.3 Å². The van der Waals surface area contributed by atoms with Crippen molar-refractivity contribution in [3.05, 3.63) is 34.9 Å². The summed E-state index contributed by atoms with van der Waals surface area (Å²) < 4.78 is 5.56. The minimum absolute atomic E-state index is 0.606. The second kappa shape index (κ2) is 8.86. The predicted molar refractivity (Wildman–Crippen MR) is 70.3 cm³/mol. The van der Waals surface area contributed by atoms with Gasteiger partial charge in [0.2, 0.25) is 0 Å². The minimum atomic E-state index is 0.606. The highest BCUT2D eigenvalue weighted by atomic mass is 35.5. The summed E-state index contributed by atoms with van der Waals surface area (Å²) in [5.74, 6) is 0.764. The Hall–Kier alpha value is -0.240. The average molecular weight is 261 g/mol. The van der Waals surface area contributed by atoms with Crippen LogP contribution in [-0.2, 0) is 11.3 Å². The normalized spacial score (nSPS) is 10.6. The predicted octanol–water partition coefficient (Wildman–Crippen LogP) is 4.66. The van der Waals surface area contributed by atoms with Gasteiger partial charge < -0.3 is 4.74 Å². The van der Waals surface area contributed by atoms with Crippen molar-refractivity contribution in [2.24, 2.45) is 0 Å². The summed E-state index contributed by atoms with van der Waals surface area (Å²) in [7, 11) is 0. The van der Waals surface area contributed by atoms with Gasteiger partial charge in [-0.2, -0.15) is 0 Å². The van der Waals surface area contributed by atoms with Crippen LogP contribution in [0.3, 0.4) is 0 Å². The van der Waals surface area contributed by atoms with E-state index < -0.39 is 0 Å².